The van der Waals surface area contributed by atoms with Gasteiger partial charge in [0.05, 0.1) is 23.5 Å². The molecule has 1 fully saturated rings. The number of rotatable bonds is 3. The van der Waals surface area contributed by atoms with Gasteiger partial charge in [-0.3, -0.25) is 14.4 Å². The molecule has 0 amide bonds. The number of nitrogens with zero attached hydrogens (tertiary/aromatic N) is 6. The van der Waals surface area contributed by atoms with E-state index in [0.717, 1.165) is 24.1 Å². The average Bonchev–Trinajstić information content (AvgIpc) is 3.30. The predicted octanol–water partition coefficient (Wildman–Crippen LogP) is 4.01. The normalized spacial score (nSPS) is 14.2. The molecule has 0 atom stereocenters. The van der Waals surface area contributed by atoms with Crippen LogP contribution < -0.4 is 0 Å². The lowest BCUT2D eigenvalue weighted by Crippen LogP contribution is -1.93. The van der Waals surface area contributed by atoms with Gasteiger partial charge in [-0.15, -0.1) is 0 Å². The van der Waals surface area contributed by atoms with Gasteiger partial charge in [-0.1, -0.05) is 5.16 Å². The van der Waals surface area contributed by atoms with Crippen LogP contribution in [0, 0.1) is 5.82 Å². The van der Waals surface area contributed by atoms with Crippen molar-refractivity contribution in [3.8, 4) is 23.0 Å². The summed E-state index contributed by atoms with van der Waals surface area (Å²) < 4.78 is 21.3. The standard InChI is InChI=1S/C20H13FN6O/c21-12-3-4-15-13(7-12)14(8-16(24-15)11-1-2-11)20-25-19(26-28-20)17-9-23-18-10-22-5-6-27(17)18/h3-11H,1-2H2. The minimum Gasteiger partial charge on any atom is -0.334 e. The van der Waals surface area contributed by atoms with Crippen LogP contribution in [0.25, 0.3) is 39.5 Å². The monoisotopic (exact) mass is 372 g/mol. The third kappa shape index (κ3) is 2.38. The maximum Gasteiger partial charge on any atom is 0.259 e. The Morgan fingerprint density at radius 1 is 1.11 bits per heavy atom. The van der Waals surface area contributed by atoms with E-state index in [4.69, 9.17) is 4.52 Å². The van der Waals surface area contributed by atoms with Gasteiger partial charge < -0.3 is 4.52 Å². The number of halogens is 1. The first-order valence-electron chi connectivity index (χ1n) is 8.98. The molecule has 5 aromatic rings. The molecular formula is C20H13FN6O. The molecule has 28 heavy (non-hydrogen) atoms. The van der Waals surface area contributed by atoms with Gasteiger partial charge in [-0.25, -0.2) is 9.37 Å². The molecule has 1 saturated carbocycles. The molecule has 8 heteroatoms. The number of aromatic nitrogens is 6. The number of benzene rings is 1. The Balaban J connectivity index is 1.53. The molecule has 4 heterocycles. The van der Waals surface area contributed by atoms with E-state index in [1.807, 2.05) is 10.5 Å². The first-order chi connectivity index (χ1) is 13.8. The first-order valence-corrected chi connectivity index (χ1v) is 8.98. The Morgan fingerprint density at radius 2 is 2.04 bits per heavy atom. The van der Waals surface area contributed by atoms with Crippen molar-refractivity contribution >= 4 is 16.6 Å². The fourth-order valence-electron chi connectivity index (χ4n) is 3.43. The third-order valence-electron chi connectivity index (χ3n) is 4.99. The molecule has 136 valence electrons. The van der Waals surface area contributed by atoms with Crippen LogP contribution >= 0.6 is 0 Å². The molecule has 0 spiro atoms. The molecule has 0 saturated heterocycles. The first kappa shape index (κ1) is 15.4. The fourth-order valence-corrected chi connectivity index (χ4v) is 3.43. The van der Waals surface area contributed by atoms with Crippen LogP contribution in [0.3, 0.4) is 0 Å². The highest BCUT2D eigenvalue weighted by atomic mass is 19.1. The molecule has 0 bridgehead atoms. The van der Waals surface area contributed by atoms with Crippen molar-refractivity contribution in [2.45, 2.75) is 18.8 Å². The highest BCUT2D eigenvalue weighted by Crippen LogP contribution is 2.41. The smallest absolute Gasteiger partial charge is 0.259 e. The predicted molar refractivity (Wildman–Crippen MR) is 98.9 cm³/mol. The molecule has 6 rings (SSSR count). The van der Waals surface area contributed by atoms with Crippen LogP contribution in [0.15, 0.2) is 53.6 Å². The summed E-state index contributed by atoms with van der Waals surface area (Å²) in [5.41, 5.74) is 3.78. The van der Waals surface area contributed by atoms with Gasteiger partial charge in [0.2, 0.25) is 5.82 Å². The van der Waals surface area contributed by atoms with E-state index in [-0.39, 0.29) is 5.82 Å². The van der Waals surface area contributed by atoms with Crippen LogP contribution in [-0.2, 0) is 0 Å². The molecule has 1 aliphatic carbocycles. The molecule has 0 radical (unpaired) electrons. The Kier molecular flexibility index (Phi) is 3.11. The van der Waals surface area contributed by atoms with E-state index in [9.17, 15) is 4.39 Å². The fraction of sp³-hybridized carbons (Fsp3) is 0.150. The number of fused-ring (bicyclic) bond motifs is 2. The Morgan fingerprint density at radius 3 is 2.93 bits per heavy atom. The van der Waals surface area contributed by atoms with Crippen molar-refractivity contribution in [1.82, 2.24) is 29.5 Å². The lowest BCUT2D eigenvalue weighted by molar-refractivity contribution is 0.432. The third-order valence-corrected chi connectivity index (χ3v) is 4.99. The van der Waals surface area contributed by atoms with E-state index >= 15 is 0 Å². The maximum atomic E-state index is 13.9. The quantitative estimate of drug-likeness (QED) is 0.476. The van der Waals surface area contributed by atoms with Crippen molar-refractivity contribution in [2.24, 2.45) is 0 Å². The zero-order valence-electron chi connectivity index (χ0n) is 14.6. The molecule has 0 unspecified atom stereocenters. The average molecular weight is 372 g/mol. The van der Waals surface area contributed by atoms with Gasteiger partial charge in [0.1, 0.15) is 11.5 Å². The van der Waals surface area contributed by atoms with E-state index in [0.29, 0.717) is 39.9 Å². The van der Waals surface area contributed by atoms with Crippen LogP contribution in [0.2, 0.25) is 0 Å². The SMILES string of the molecule is Fc1ccc2nc(C3CC3)cc(-c3nc(-c4cnc5cnccn45)no3)c2c1. The van der Waals surface area contributed by atoms with Crippen molar-refractivity contribution in [1.29, 1.82) is 0 Å². The maximum absolute atomic E-state index is 13.9. The number of hydrogen-bond donors (Lipinski definition) is 0. The topological polar surface area (TPSA) is 82.0 Å². The zero-order chi connectivity index (χ0) is 18.7. The highest BCUT2D eigenvalue weighted by molar-refractivity contribution is 5.92. The summed E-state index contributed by atoms with van der Waals surface area (Å²) in [4.78, 5) is 17.6. The summed E-state index contributed by atoms with van der Waals surface area (Å²) in [7, 11) is 0. The van der Waals surface area contributed by atoms with Crippen molar-refractivity contribution in [2.75, 3.05) is 0 Å². The second kappa shape index (κ2) is 5.66. The lowest BCUT2D eigenvalue weighted by Gasteiger charge is -2.06. The minimum absolute atomic E-state index is 0.330. The molecular weight excluding hydrogens is 359 g/mol. The molecule has 0 N–H and O–H groups in total. The number of imidazole rings is 1. The van der Waals surface area contributed by atoms with Gasteiger partial charge >= 0.3 is 0 Å². The zero-order valence-corrected chi connectivity index (χ0v) is 14.6. The number of hydrogen-bond acceptors (Lipinski definition) is 6. The number of pyridine rings is 1. The van der Waals surface area contributed by atoms with E-state index < -0.39 is 0 Å². The van der Waals surface area contributed by atoms with Crippen LogP contribution in [-0.4, -0.2) is 29.5 Å². The van der Waals surface area contributed by atoms with Gasteiger partial charge in [0.15, 0.2) is 5.65 Å². The van der Waals surface area contributed by atoms with Gasteiger partial charge in [-0.05, 0) is 37.1 Å². The summed E-state index contributed by atoms with van der Waals surface area (Å²) >= 11 is 0. The Bertz CT molecular complexity index is 1350. The largest absolute Gasteiger partial charge is 0.334 e. The van der Waals surface area contributed by atoms with E-state index in [1.165, 1.54) is 12.1 Å². The van der Waals surface area contributed by atoms with Crippen LogP contribution in [0.4, 0.5) is 4.39 Å². The Labute approximate surface area is 157 Å². The van der Waals surface area contributed by atoms with Crippen LogP contribution in [0.1, 0.15) is 24.5 Å². The van der Waals surface area contributed by atoms with Crippen molar-refractivity contribution < 1.29 is 8.91 Å². The second-order valence-corrected chi connectivity index (χ2v) is 6.90. The van der Waals surface area contributed by atoms with Gasteiger partial charge in [0, 0.05) is 29.4 Å². The summed E-state index contributed by atoms with van der Waals surface area (Å²) in [6, 6.07) is 6.50. The molecule has 7 nitrogen and oxygen atoms in total. The second-order valence-electron chi connectivity index (χ2n) is 6.90. The minimum atomic E-state index is -0.330. The van der Waals surface area contributed by atoms with Crippen LogP contribution in [0.5, 0.6) is 0 Å². The van der Waals surface area contributed by atoms with E-state index in [1.54, 1.807) is 30.9 Å². The van der Waals surface area contributed by atoms with Crippen molar-refractivity contribution in [3.63, 3.8) is 0 Å². The summed E-state index contributed by atoms with van der Waals surface area (Å²) in [6.07, 6.45) is 9.02. The van der Waals surface area contributed by atoms with E-state index in [2.05, 4.69) is 25.1 Å². The summed E-state index contributed by atoms with van der Waals surface area (Å²) in [5, 5.41) is 4.78. The molecule has 1 aromatic carbocycles. The van der Waals surface area contributed by atoms with Gasteiger partial charge in [0.25, 0.3) is 5.89 Å². The van der Waals surface area contributed by atoms with Crippen molar-refractivity contribution in [3.05, 3.63) is 60.6 Å². The summed E-state index contributed by atoms with van der Waals surface area (Å²) in [5.74, 6) is 0.854. The molecule has 1 aliphatic rings. The molecule has 4 aromatic heterocycles. The lowest BCUT2D eigenvalue weighted by atomic mass is 10.1. The highest BCUT2D eigenvalue weighted by Gasteiger charge is 2.27. The molecule has 0 aliphatic heterocycles. The van der Waals surface area contributed by atoms with Gasteiger partial charge in [-0.2, -0.15) is 4.98 Å². The Hall–Kier alpha value is -3.68. The summed E-state index contributed by atoms with van der Waals surface area (Å²) in [6.45, 7) is 0.